The number of benzene rings is 2. The summed E-state index contributed by atoms with van der Waals surface area (Å²) in [6.45, 7) is 5.26. The van der Waals surface area contributed by atoms with Gasteiger partial charge in [0.25, 0.3) is 11.8 Å². The molecule has 4 heteroatoms. The zero-order valence-electron chi connectivity index (χ0n) is 15.5. The van der Waals surface area contributed by atoms with Crippen molar-refractivity contribution in [1.82, 2.24) is 4.90 Å². The maximum absolute atomic E-state index is 12.6. The van der Waals surface area contributed by atoms with Crippen LogP contribution >= 0.6 is 0 Å². The summed E-state index contributed by atoms with van der Waals surface area (Å²) >= 11 is 0. The molecule has 2 amide bonds. The van der Waals surface area contributed by atoms with Gasteiger partial charge in [-0.25, -0.2) is 0 Å². The Morgan fingerprint density at radius 1 is 0.923 bits per heavy atom. The second kappa shape index (κ2) is 8.17. The van der Waals surface area contributed by atoms with Gasteiger partial charge in [-0.1, -0.05) is 12.1 Å². The lowest BCUT2D eigenvalue weighted by Crippen LogP contribution is -2.30. The third-order valence-corrected chi connectivity index (χ3v) is 5.03. The van der Waals surface area contributed by atoms with E-state index in [0.717, 1.165) is 12.8 Å². The number of nitrogens with zero attached hydrogens (tertiary/aromatic N) is 1. The van der Waals surface area contributed by atoms with Gasteiger partial charge in [-0.15, -0.1) is 0 Å². The van der Waals surface area contributed by atoms with Crippen LogP contribution in [0.25, 0.3) is 0 Å². The van der Waals surface area contributed by atoms with Gasteiger partial charge in [0.15, 0.2) is 0 Å². The van der Waals surface area contributed by atoms with E-state index >= 15 is 0 Å². The van der Waals surface area contributed by atoms with E-state index in [2.05, 4.69) is 11.4 Å². The summed E-state index contributed by atoms with van der Waals surface area (Å²) in [7, 11) is 0. The third-order valence-electron chi connectivity index (χ3n) is 5.03. The van der Waals surface area contributed by atoms with E-state index in [1.165, 1.54) is 24.0 Å². The number of hydrogen-bond donors (Lipinski definition) is 1. The van der Waals surface area contributed by atoms with Crippen LogP contribution in [-0.2, 0) is 12.8 Å². The number of rotatable bonds is 5. The summed E-state index contributed by atoms with van der Waals surface area (Å²) in [5.74, 6) is -0.148. The number of anilines is 1. The van der Waals surface area contributed by atoms with Crippen molar-refractivity contribution in [2.24, 2.45) is 0 Å². The molecule has 1 aliphatic carbocycles. The fourth-order valence-electron chi connectivity index (χ4n) is 3.50. The van der Waals surface area contributed by atoms with Gasteiger partial charge in [0.2, 0.25) is 0 Å². The number of hydrogen-bond acceptors (Lipinski definition) is 2. The standard InChI is InChI=1S/C22H26N2O2/c1-3-24(4-2)22(26)19-10-7-11-20(15-19)23-21(25)18-13-12-16-8-5-6-9-17(16)14-18/h7,10-15H,3-6,8-9H2,1-2H3,(H,23,25). The topological polar surface area (TPSA) is 49.4 Å². The first-order valence-corrected chi connectivity index (χ1v) is 9.45. The lowest BCUT2D eigenvalue weighted by Gasteiger charge is -2.19. The Morgan fingerprint density at radius 2 is 1.65 bits per heavy atom. The van der Waals surface area contributed by atoms with E-state index in [0.29, 0.717) is 29.9 Å². The Morgan fingerprint density at radius 3 is 2.38 bits per heavy atom. The van der Waals surface area contributed by atoms with E-state index in [4.69, 9.17) is 0 Å². The summed E-state index contributed by atoms with van der Waals surface area (Å²) in [4.78, 5) is 26.9. The van der Waals surface area contributed by atoms with Crippen molar-refractivity contribution in [2.75, 3.05) is 18.4 Å². The van der Waals surface area contributed by atoms with E-state index in [1.54, 1.807) is 23.1 Å². The highest BCUT2D eigenvalue weighted by Crippen LogP contribution is 2.23. The van der Waals surface area contributed by atoms with Crippen molar-refractivity contribution in [1.29, 1.82) is 0 Å². The van der Waals surface area contributed by atoms with Crippen LogP contribution in [-0.4, -0.2) is 29.8 Å². The number of amides is 2. The van der Waals surface area contributed by atoms with Gasteiger partial charge in [-0.2, -0.15) is 0 Å². The average molecular weight is 350 g/mol. The van der Waals surface area contributed by atoms with Crippen LogP contribution in [0.5, 0.6) is 0 Å². The van der Waals surface area contributed by atoms with Gasteiger partial charge in [-0.05, 0) is 81.0 Å². The lowest BCUT2D eigenvalue weighted by molar-refractivity contribution is 0.0772. The number of fused-ring (bicyclic) bond motifs is 1. The molecule has 0 radical (unpaired) electrons. The summed E-state index contributed by atoms with van der Waals surface area (Å²) in [5.41, 5.74) is 4.56. The SMILES string of the molecule is CCN(CC)C(=O)c1cccc(NC(=O)c2ccc3c(c2)CCCC3)c1. The molecule has 3 rings (SSSR count). The van der Waals surface area contributed by atoms with E-state index < -0.39 is 0 Å². The molecule has 0 heterocycles. The highest BCUT2D eigenvalue weighted by molar-refractivity contribution is 6.05. The van der Waals surface area contributed by atoms with Crippen LogP contribution in [0.1, 0.15) is 58.5 Å². The smallest absolute Gasteiger partial charge is 0.255 e. The zero-order valence-corrected chi connectivity index (χ0v) is 15.5. The zero-order chi connectivity index (χ0) is 18.5. The van der Waals surface area contributed by atoms with Gasteiger partial charge in [0.05, 0.1) is 0 Å². The maximum Gasteiger partial charge on any atom is 0.255 e. The van der Waals surface area contributed by atoms with Crippen molar-refractivity contribution in [3.63, 3.8) is 0 Å². The molecule has 0 atom stereocenters. The van der Waals surface area contributed by atoms with E-state index in [9.17, 15) is 9.59 Å². The molecule has 1 aliphatic rings. The first-order chi connectivity index (χ1) is 12.6. The molecule has 0 saturated carbocycles. The van der Waals surface area contributed by atoms with Crippen LogP contribution < -0.4 is 5.32 Å². The molecule has 0 unspecified atom stereocenters. The van der Waals surface area contributed by atoms with Crippen LogP contribution in [0.15, 0.2) is 42.5 Å². The minimum absolute atomic E-state index is 0.0140. The largest absolute Gasteiger partial charge is 0.339 e. The molecule has 0 aromatic heterocycles. The van der Waals surface area contributed by atoms with Crippen molar-refractivity contribution < 1.29 is 9.59 Å². The molecule has 0 aliphatic heterocycles. The Kier molecular flexibility index (Phi) is 5.71. The fraction of sp³-hybridized carbons (Fsp3) is 0.364. The average Bonchev–Trinajstić information content (AvgIpc) is 2.68. The molecule has 136 valence electrons. The molecule has 26 heavy (non-hydrogen) atoms. The van der Waals surface area contributed by atoms with Gasteiger partial charge in [0.1, 0.15) is 0 Å². The second-order valence-corrected chi connectivity index (χ2v) is 6.70. The Labute approximate surface area is 155 Å². The summed E-state index contributed by atoms with van der Waals surface area (Å²) < 4.78 is 0. The first kappa shape index (κ1) is 18.2. The summed E-state index contributed by atoms with van der Waals surface area (Å²) in [5, 5.41) is 2.93. The Bertz CT molecular complexity index is 810. The monoisotopic (exact) mass is 350 g/mol. The van der Waals surface area contributed by atoms with E-state index in [-0.39, 0.29) is 11.8 Å². The van der Waals surface area contributed by atoms with Crippen molar-refractivity contribution in [2.45, 2.75) is 39.5 Å². The molecule has 0 bridgehead atoms. The Balaban J connectivity index is 1.75. The van der Waals surface area contributed by atoms with Gasteiger partial charge < -0.3 is 10.2 Å². The number of carbonyl (C=O) groups is 2. The molecule has 4 nitrogen and oxygen atoms in total. The van der Waals surface area contributed by atoms with Gasteiger partial charge in [0, 0.05) is 29.9 Å². The van der Waals surface area contributed by atoms with Crippen LogP contribution in [0.3, 0.4) is 0 Å². The highest BCUT2D eigenvalue weighted by Gasteiger charge is 2.15. The van der Waals surface area contributed by atoms with E-state index in [1.807, 2.05) is 32.0 Å². The molecule has 2 aromatic rings. The summed E-state index contributed by atoms with van der Waals surface area (Å²) in [6.07, 6.45) is 4.57. The minimum atomic E-state index is -0.134. The number of nitrogens with one attached hydrogen (secondary N) is 1. The third kappa shape index (κ3) is 3.96. The summed E-state index contributed by atoms with van der Waals surface area (Å²) in [6, 6.07) is 13.1. The number of aryl methyl sites for hydroxylation is 2. The van der Waals surface area contributed by atoms with Crippen LogP contribution in [0, 0.1) is 0 Å². The molecule has 1 N–H and O–H groups in total. The Hall–Kier alpha value is -2.62. The van der Waals surface area contributed by atoms with Crippen LogP contribution in [0.2, 0.25) is 0 Å². The molecule has 0 spiro atoms. The predicted octanol–water partition coefficient (Wildman–Crippen LogP) is 4.30. The first-order valence-electron chi connectivity index (χ1n) is 9.45. The predicted molar refractivity (Wildman–Crippen MR) is 105 cm³/mol. The maximum atomic E-state index is 12.6. The molecule has 0 saturated heterocycles. The minimum Gasteiger partial charge on any atom is -0.339 e. The molecular weight excluding hydrogens is 324 g/mol. The second-order valence-electron chi connectivity index (χ2n) is 6.70. The van der Waals surface area contributed by atoms with Gasteiger partial charge >= 0.3 is 0 Å². The molecule has 0 fully saturated rings. The normalized spacial score (nSPS) is 13.0. The quantitative estimate of drug-likeness (QED) is 0.874. The van der Waals surface area contributed by atoms with Crippen molar-refractivity contribution in [3.8, 4) is 0 Å². The highest BCUT2D eigenvalue weighted by atomic mass is 16.2. The molecular formula is C22H26N2O2. The number of carbonyl (C=O) groups excluding carboxylic acids is 2. The lowest BCUT2D eigenvalue weighted by atomic mass is 9.90. The fourth-order valence-corrected chi connectivity index (χ4v) is 3.50. The molecule has 2 aromatic carbocycles. The van der Waals surface area contributed by atoms with Crippen molar-refractivity contribution in [3.05, 3.63) is 64.7 Å². The van der Waals surface area contributed by atoms with Crippen LogP contribution in [0.4, 0.5) is 5.69 Å². The van der Waals surface area contributed by atoms with Crippen molar-refractivity contribution >= 4 is 17.5 Å². The van der Waals surface area contributed by atoms with Gasteiger partial charge in [-0.3, -0.25) is 9.59 Å².